The van der Waals surface area contributed by atoms with Crippen molar-refractivity contribution in [2.24, 2.45) is 0 Å². The molecular weight excluding hydrogens is 200 g/mol. The van der Waals surface area contributed by atoms with E-state index in [0.29, 0.717) is 5.39 Å². The third-order valence-corrected chi connectivity index (χ3v) is 3.31. The average molecular weight is 214 g/mol. The molecule has 82 valence electrons. The number of nitrogens with two attached hydrogens (primary N) is 1. The molecule has 0 fully saturated rings. The van der Waals surface area contributed by atoms with Crippen molar-refractivity contribution in [1.29, 1.82) is 0 Å². The third-order valence-electron chi connectivity index (χ3n) is 3.31. The van der Waals surface area contributed by atoms with Gasteiger partial charge in [-0.3, -0.25) is 4.98 Å². The van der Waals surface area contributed by atoms with Gasteiger partial charge in [0.15, 0.2) is 0 Å². The molecule has 1 heterocycles. The number of pyridine rings is 1. The Labute approximate surface area is 93.9 Å². The van der Waals surface area contributed by atoms with E-state index in [1.165, 1.54) is 6.42 Å². The number of nitrogens with zero attached hydrogens (tertiary/aromatic N) is 1. The Hall–Kier alpha value is -1.77. The second kappa shape index (κ2) is 3.37. The fourth-order valence-electron chi connectivity index (χ4n) is 2.50. The number of nitrogen functional groups attached to an aromatic ring is 1. The van der Waals surface area contributed by atoms with E-state index >= 15 is 0 Å². The summed E-state index contributed by atoms with van der Waals surface area (Å²) in [6.45, 7) is 0. The first-order valence-corrected chi connectivity index (χ1v) is 5.66. The molecule has 0 saturated heterocycles. The fraction of sp³-hybridized carbons (Fsp3) is 0.308. The molecule has 0 radical (unpaired) electrons. The Kier molecular flexibility index (Phi) is 1.99. The lowest BCUT2D eigenvalue weighted by Crippen LogP contribution is -2.09. The molecule has 2 aromatic rings. The predicted molar refractivity (Wildman–Crippen MR) is 64.5 cm³/mol. The molecule has 0 aliphatic heterocycles. The quantitative estimate of drug-likeness (QED) is 0.708. The van der Waals surface area contributed by atoms with E-state index in [9.17, 15) is 5.11 Å². The highest BCUT2D eigenvalue weighted by Crippen LogP contribution is 2.35. The normalized spacial score (nSPS) is 15.0. The maximum absolute atomic E-state index is 9.83. The van der Waals surface area contributed by atoms with Crippen LogP contribution < -0.4 is 5.73 Å². The number of aryl methyl sites for hydroxylation is 1. The van der Waals surface area contributed by atoms with Crippen LogP contribution in [0.3, 0.4) is 0 Å². The van der Waals surface area contributed by atoms with Crippen LogP contribution in [0.4, 0.5) is 5.69 Å². The van der Waals surface area contributed by atoms with Crippen LogP contribution in [-0.4, -0.2) is 10.1 Å². The highest BCUT2D eigenvalue weighted by atomic mass is 16.3. The number of benzene rings is 1. The number of fused-ring (bicyclic) bond motifs is 2. The molecule has 1 aromatic heterocycles. The van der Waals surface area contributed by atoms with Crippen molar-refractivity contribution in [3.05, 3.63) is 29.5 Å². The van der Waals surface area contributed by atoms with Crippen molar-refractivity contribution >= 4 is 16.6 Å². The summed E-state index contributed by atoms with van der Waals surface area (Å²) in [5.74, 6) is 0.232. The van der Waals surface area contributed by atoms with Gasteiger partial charge >= 0.3 is 0 Å². The highest BCUT2D eigenvalue weighted by molar-refractivity contribution is 5.97. The summed E-state index contributed by atoms with van der Waals surface area (Å²) in [5.41, 5.74) is 9.92. The van der Waals surface area contributed by atoms with E-state index in [0.717, 1.165) is 41.7 Å². The van der Waals surface area contributed by atoms with Gasteiger partial charge in [0.2, 0.25) is 0 Å². The van der Waals surface area contributed by atoms with E-state index in [2.05, 4.69) is 4.98 Å². The van der Waals surface area contributed by atoms with Crippen LogP contribution in [-0.2, 0) is 12.8 Å². The summed E-state index contributed by atoms with van der Waals surface area (Å²) in [6, 6.07) is 5.37. The number of phenolic OH excluding ortho intramolecular Hbond substituents is 1. The Morgan fingerprint density at radius 3 is 2.88 bits per heavy atom. The smallest absolute Gasteiger partial charge is 0.127 e. The Balaban J connectivity index is 2.40. The van der Waals surface area contributed by atoms with Crippen LogP contribution in [0, 0.1) is 0 Å². The first-order chi connectivity index (χ1) is 7.77. The number of phenols is 1. The van der Waals surface area contributed by atoms with Gasteiger partial charge in [-0.2, -0.15) is 0 Å². The molecule has 16 heavy (non-hydrogen) atoms. The Bertz CT molecular complexity index is 563. The maximum Gasteiger partial charge on any atom is 0.127 e. The van der Waals surface area contributed by atoms with Gasteiger partial charge in [-0.15, -0.1) is 0 Å². The lowest BCUT2D eigenvalue weighted by atomic mass is 9.93. The SMILES string of the molecule is Nc1c2c(nc3cccc(O)c13)CCCC2. The molecule has 0 amide bonds. The first kappa shape index (κ1) is 9.46. The Morgan fingerprint density at radius 2 is 2.00 bits per heavy atom. The zero-order valence-corrected chi connectivity index (χ0v) is 9.03. The van der Waals surface area contributed by atoms with E-state index < -0.39 is 0 Å². The maximum atomic E-state index is 9.83. The van der Waals surface area contributed by atoms with Crippen LogP contribution in [0.2, 0.25) is 0 Å². The van der Waals surface area contributed by atoms with Crippen LogP contribution in [0.1, 0.15) is 24.1 Å². The van der Waals surface area contributed by atoms with E-state index in [1.807, 2.05) is 6.07 Å². The van der Waals surface area contributed by atoms with Crippen molar-refractivity contribution < 1.29 is 5.11 Å². The topological polar surface area (TPSA) is 59.1 Å². The number of anilines is 1. The van der Waals surface area contributed by atoms with Crippen molar-refractivity contribution in [3.8, 4) is 5.75 Å². The van der Waals surface area contributed by atoms with Gasteiger partial charge in [-0.25, -0.2) is 0 Å². The summed E-state index contributed by atoms with van der Waals surface area (Å²) >= 11 is 0. The van der Waals surface area contributed by atoms with Crippen molar-refractivity contribution in [1.82, 2.24) is 4.98 Å². The predicted octanol–water partition coefficient (Wildman–Crippen LogP) is 2.40. The van der Waals surface area contributed by atoms with Crippen LogP contribution in [0.15, 0.2) is 18.2 Å². The molecule has 1 aromatic carbocycles. The lowest BCUT2D eigenvalue weighted by Gasteiger charge is -2.18. The van der Waals surface area contributed by atoms with E-state index in [-0.39, 0.29) is 5.75 Å². The number of hydrogen-bond donors (Lipinski definition) is 2. The summed E-state index contributed by atoms with van der Waals surface area (Å²) < 4.78 is 0. The van der Waals surface area contributed by atoms with E-state index in [1.54, 1.807) is 12.1 Å². The third kappa shape index (κ3) is 1.24. The monoisotopic (exact) mass is 214 g/mol. The molecule has 3 N–H and O–H groups in total. The summed E-state index contributed by atoms with van der Waals surface area (Å²) in [6.07, 6.45) is 4.34. The van der Waals surface area contributed by atoms with Crippen LogP contribution in [0.25, 0.3) is 10.9 Å². The van der Waals surface area contributed by atoms with Gasteiger partial charge in [0.05, 0.1) is 10.9 Å². The molecule has 0 saturated carbocycles. The number of rotatable bonds is 0. The minimum atomic E-state index is 0.232. The molecular formula is C13H14N2O. The standard InChI is InChI=1S/C13H14N2O/c14-13-8-4-1-2-5-9(8)15-10-6-3-7-11(16)12(10)13/h3,6-7,16H,1-2,4-5H2,(H2,14,15). The summed E-state index contributed by atoms with van der Waals surface area (Å²) in [4.78, 5) is 4.60. The molecule has 3 heteroatoms. The van der Waals surface area contributed by atoms with Crippen LogP contribution >= 0.6 is 0 Å². The second-order valence-corrected chi connectivity index (χ2v) is 4.33. The minimum Gasteiger partial charge on any atom is -0.507 e. The van der Waals surface area contributed by atoms with Crippen molar-refractivity contribution in [3.63, 3.8) is 0 Å². The molecule has 0 atom stereocenters. The first-order valence-electron chi connectivity index (χ1n) is 5.66. The van der Waals surface area contributed by atoms with Gasteiger partial charge in [0.1, 0.15) is 5.75 Å². The second-order valence-electron chi connectivity index (χ2n) is 4.33. The van der Waals surface area contributed by atoms with Gasteiger partial charge in [-0.05, 0) is 43.4 Å². The van der Waals surface area contributed by atoms with Gasteiger partial charge < -0.3 is 10.8 Å². The summed E-state index contributed by atoms with van der Waals surface area (Å²) in [5, 5.41) is 10.5. The van der Waals surface area contributed by atoms with Gasteiger partial charge in [0, 0.05) is 11.4 Å². The largest absolute Gasteiger partial charge is 0.507 e. The molecule has 0 unspecified atom stereocenters. The molecule has 1 aliphatic rings. The molecule has 1 aliphatic carbocycles. The molecule has 0 spiro atoms. The lowest BCUT2D eigenvalue weighted by molar-refractivity contribution is 0.481. The number of aromatic hydroxyl groups is 1. The average Bonchev–Trinajstić information content (AvgIpc) is 2.29. The fourth-order valence-corrected chi connectivity index (χ4v) is 2.50. The number of aromatic nitrogens is 1. The molecule has 3 rings (SSSR count). The number of hydrogen-bond acceptors (Lipinski definition) is 3. The Morgan fingerprint density at radius 1 is 1.19 bits per heavy atom. The van der Waals surface area contributed by atoms with Crippen molar-refractivity contribution in [2.75, 3.05) is 5.73 Å². The van der Waals surface area contributed by atoms with Crippen LogP contribution in [0.5, 0.6) is 5.75 Å². The van der Waals surface area contributed by atoms with Gasteiger partial charge in [-0.1, -0.05) is 6.07 Å². The van der Waals surface area contributed by atoms with Gasteiger partial charge in [0.25, 0.3) is 0 Å². The molecule has 0 bridgehead atoms. The zero-order valence-electron chi connectivity index (χ0n) is 9.03. The zero-order chi connectivity index (χ0) is 11.1. The minimum absolute atomic E-state index is 0.232. The van der Waals surface area contributed by atoms with Crippen molar-refractivity contribution in [2.45, 2.75) is 25.7 Å². The molecule has 3 nitrogen and oxygen atoms in total. The summed E-state index contributed by atoms with van der Waals surface area (Å²) in [7, 11) is 0. The highest BCUT2D eigenvalue weighted by Gasteiger charge is 2.17. The van der Waals surface area contributed by atoms with E-state index in [4.69, 9.17) is 5.73 Å².